The lowest BCUT2D eigenvalue weighted by Crippen LogP contribution is -2.57. The number of nitro groups is 1. The van der Waals surface area contributed by atoms with Gasteiger partial charge in [-0.3, -0.25) is 24.5 Å². The van der Waals surface area contributed by atoms with E-state index in [0.717, 1.165) is 4.90 Å². The molecule has 8 nitrogen and oxygen atoms in total. The molecule has 2 unspecified atom stereocenters. The minimum atomic E-state index is -0.722. The van der Waals surface area contributed by atoms with E-state index in [1.54, 1.807) is 37.4 Å². The molecule has 3 amide bonds. The summed E-state index contributed by atoms with van der Waals surface area (Å²) in [6, 6.07) is 8.93. The van der Waals surface area contributed by atoms with Crippen molar-refractivity contribution < 1.29 is 19.3 Å². The minimum Gasteiger partial charge on any atom is -0.338 e. The number of rotatable bonds is 2. The first-order valence-corrected chi connectivity index (χ1v) is 8.91. The Labute approximate surface area is 159 Å². The number of nitrogens with zero attached hydrogens (tertiary/aromatic N) is 3. The van der Waals surface area contributed by atoms with Gasteiger partial charge in [0.1, 0.15) is 0 Å². The van der Waals surface area contributed by atoms with Crippen LogP contribution < -0.4 is 4.90 Å². The summed E-state index contributed by atoms with van der Waals surface area (Å²) in [7, 11) is 1.64. The standard InChI is InChI=1S/C20H15N3O5/c1-21-15-7-6-12(18(21)24)16-17(15)20(26)22(19(16)25)13-8-9-14(23(27)28)11-5-3-2-4-10(11)13/h2-9,12,15-17H,1H3/t12?,15?,16-,17+/m0/s1. The Kier molecular flexibility index (Phi) is 3.25. The average Bonchev–Trinajstić information content (AvgIpc) is 2.96. The second-order valence-corrected chi connectivity index (χ2v) is 7.32. The van der Waals surface area contributed by atoms with Crippen LogP contribution in [-0.2, 0) is 14.4 Å². The highest BCUT2D eigenvalue weighted by Crippen LogP contribution is 2.47. The molecule has 3 aliphatic heterocycles. The number of likely N-dealkylation sites (N-methyl/N-ethyl adjacent to an activating group) is 1. The molecule has 1 aliphatic carbocycles. The van der Waals surface area contributed by atoms with E-state index >= 15 is 0 Å². The molecule has 0 spiro atoms. The smallest absolute Gasteiger partial charge is 0.277 e. The van der Waals surface area contributed by atoms with Crippen LogP contribution in [0.3, 0.4) is 0 Å². The van der Waals surface area contributed by atoms with Crippen LogP contribution in [0.4, 0.5) is 11.4 Å². The van der Waals surface area contributed by atoms with E-state index in [4.69, 9.17) is 0 Å². The number of imide groups is 1. The van der Waals surface area contributed by atoms with Gasteiger partial charge in [0.15, 0.2) is 0 Å². The van der Waals surface area contributed by atoms with Crippen molar-refractivity contribution in [2.75, 3.05) is 11.9 Å². The van der Waals surface area contributed by atoms with Crippen LogP contribution in [0.25, 0.3) is 10.8 Å². The van der Waals surface area contributed by atoms with Gasteiger partial charge in [0, 0.05) is 18.5 Å². The molecule has 6 rings (SSSR count). The molecule has 0 saturated carbocycles. The van der Waals surface area contributed by atoms with Gasteiger partial charge in [-0.05, 0) is 12.1 Å². The predicted molar refractivity (Wildman–Crippen MR) is 99.3 cm³/mol. The normalized spacial score (nSPS) is 28.4. The van der Waals surface area contributed by atoms with Crippen molar-refractivity contribution in [2.24, 2.45) is 17.8 Å². The molecule has 0 N–H and O–H groups in total. The first kappa shape index (κ1) is 16.6. The van der Waals surface area contributed by atoms with Gasteiger partial charge in [-0.15, -0.1) is 0 Å². The highest BCUT2D eigenvalue weighted by molar-refractivity contribution is 6.27. The van der Waals surface area contributed by atoms with Gasteiger partial charge in [0.2, 0.25) is 17.7 Å². The van der Waals surface area contributed by atoms with Crippen LogP contribution in [0.15, 0.2) is 48.6 Å². The van der Waals surface area contributed by atoms with Crippen molar-refractivity contribution in [3.05, 3.63) is 58.7 Å². The number of piperidine rings is 1. The summed E-state index contributed by atoms with van der Waals surface area (Å²) < 4.78 is 0. The number of fused-ring (bicyclic) bond motifs is 2. The summed E-state index contributed by atoms with van der Waals surface area (Å²) in [5, 5.41) is 12.2. The molecule has 2 fully saturated rings. The number of non-ortho nitro benzene ring substituents is 1. The SMILES string of the molecule is CN1C(=O)C2C=CC1[C@H]1C(=O)N(c3ccc([N+](=O)[O-])c4ccccc34)C(=O)[C@@H]21. The molecule has 3 heterocycles. The third-order valence-electron chi connectivity index (χ3n) is 6.06. The van der Waals surface area contributed by atoms with E-state index in [0.29, 0.717) is 16.5 Å². The van der Waals surface area contributed by atoms with E-state index in [2.05, 4.69) is 0 Å². The number of carbonyl (C=O) groups is 3. The Hall–Kier alpha value is -3.55. The van der Waals surface area contributed by atoms with E-state index in [-0.39, 0.29) is 17.5 Å². The molecular weight excluding hydrogens is 362 g/mol. The van der Waals surface area contributed by atoms with Crippen molar-refractivity contribution in [1.29, 1.82) is 0 Å². The van der Waals surface area contributed by atoms with Crippen LogP contribution in [-0.4, -0.2) is 40.6 Å². The second-order valence-electron chi connectivity index (χ2n) is 7.32. The fraction of sp³-hybridized carbons (Fsp3) is 0.250. The molecule has 4 aliphatic rings. The van der Waals surface area contributed by atoms with Gasteiger partial charge in [-0.25, -0.2) is 4.90 Å². The van der Waals surface area contributed by atoms with Gasteiger partial charge < -0.3 is 4.90 Å². The fourth-order valence-electron chi connectivity index (χ4n) is 4.77. The molecule has 2 saturated heterocycles. The molecule has 4 atom stereocenters. The van der Waals surface area contributed by atoms with Gasteiger partial charge in [0.05, 0.1) is 39.8 Å². The van der Waals surface area contributed by atoms with Crippen molar-refractivity contribution >= 4 is 39.9 Å². The summed E-state index contributed by atoms with van der Waals surface area (Å²) in [5.74, 6) is -2.95. The number of hydrogen-bond donors (Lipinski definition) is 0. The van der Waals surface area contributed by atoms with Crippen molar-refractivity contribution in [2.45, 2.75) is 6.04 Å². The zero-order valence-electron chi connectivity index (χ0n) is 14.8. The Morgan fingerprint density at radius 2 is 1.57 bits per heavy atom. The molecule has 2 aromatic carbocycles. The van der Waals surface area contributed by atoms with E-state index in [1.807, 2.05) is 6.08 Å². The third kappa shape index (κ3) is 1.91. The Bertz CT molecular complexity index is 1120. The lowest BCUT2D eigenvalue weighted by Gasteiger charge is -2.44. The number of hydrogen-bond acceptors (Lipinski definition) is 5. The first-order valence-electron chi connectivity index (χ1n) is 8.91. The van der Waals surface area contributed by atoms with Gasteiger partial charge in [-0.2, -0.15) is 0 Å². The van der Waals surface area contributed by atoms with Gasteiger partial charge in [-0.1, -0.05) is 30.4 Å². The highest BCUT2D eigenvalue weighted by atomic mass is 16.6. The number of amides is 3. The lowest BCUT2D eigenvalue weighted by molar-refractivity contribution is -0.383. The van der Waals surface area contributed by atoms with Gasteiger partial charge >= 0.3 is 0 Å². The summed E-state index contributed by atoms with van der Waals surface area (Å²) in [4.78, 5) is 52.5. The average molecular weight is 377 g/mol. The maximum absolute atomic E-state index is 13.3. The lowest BCUT2D eigenvalue weighted by atomic mass is 9.70. The molecular formula is C20H15N3O5. The molecule has 140 valence electrons. The minimum absolute atomic E-state index is 0.0903. The summed E-state index contributed by atoms with van der Waals surface area (Å²) in [5.41, 5.74) is 0.229. The molecule has 8 heteroatoms. The largest absolute Gasteiger partial charge is 0.338 e. The monoisotopic (exact) mass is 377 g/mol. The van der Waals surface area contributed by atoms with Crippen LogP contribution in [0.5, 0.6) is 0 Å². The Morgan fingerprint density at radius 1 is 0.893 bits per heavy atom. The van der Waals surface area contributed by atoms with Crippen molar-refractivity contribution in [1.82, 2.24) is 4.90 Å². The second kappa shape index (κ2) is 5.48. The fourth-order valence-corrected chi connectivity index (χ4v) is 4.77. The van der Waals surface area contributed by atoms with Gasteiger partial charge in [0.25, 0.3) is 5.69 Å². The molecule has 2 aromatic rings. The maximum Gasteiger partial charge on any atom is 0.277 e. The summed E-state index contributed by atoms with van der Waals surface area (Å²) in [6.45, 7) is 0. The van der Waals surface area contributed by atoms with Crippen LogP contribution in [0.2, 0.25) is 0 Å². The summed E-state index contributed by atoms with van der Waals surface area (Å²) in [6.07, 6.45) is 3.53. The molecule has 0 aromatic heterocycles. The van der Waals surface area contributed by atoms with Crippen LogP contribution >= 0.6 is 0 Å². The molecule has 2 bridgehead atoms. The van der Waals surface area contributed by atoms with E-state index < -0.39 is 34.6 Å². The van der Waals surface area contributed by atoms with Crippen molar-refractivity contribution in [3.63, 3.8) is 0 Å². The zero-order chi connectivity index (χ0) is 19.7. The quantitative estimate of drug-likeness (QED) is 0.344. The number of nitro benzene ring substituents is 1. The number of carbonyl (C=O) groups excluding carboxylic acids is 3. The van der Waals surface area contributed by atoms with Crippen molar-refractivity contribution in [3.8, 4) is 0 Å². The Morgan fingerprint density at radius 3 is 2.29 bits per heavy atom. The third-order valence-corrected chi connectivity index (χ3v) is 6.06. The number of benzene rings is 2. The number of anilines is 1. The molecule has 0 radical (unpaired) electrons. The topological polar surface area (TPSA) is 101 Å². The zero-order valence-corrected chi connectivity index (χ0v) is 14.8. The summed E-state index contributed by atoms with van der Waals surface area (Å²) >= 11 is 0. The Balaban J connectivity index is 1.67. The van der Waals surface area contributed by atoms with Crippen LogP contribution in [0, 0.1) is 27.9 Å². The first-order chi connectivity index (χ1) is 13.4. The molecule has 28 heavy (non-hydrogen) atoms. The maximum atomic E-state index is 13.3. The van der Waals surface area contributed by atoms with Crippen LogP contribution in [0.1, 0.15) is 0 Å². The highest BCUT2D eigenvalue weighted by Gasteiger charge is 2.61. The van der Waals surface area contributed by atoms with E-state index in [9.17, 15) is 24.5 Å². The predicted octanol–water partition coefficient (Wildman–Crippen LogP) is 1.88. The van der Waals surface area contributed by atoms with E-state index in [1.165, 1.54) is 17.0 Å².